The Morgan fingerprint density at radius 2 is 1.62 bits per heavy atom. The number of halogens is 1. The van der Waals surface area contributed by atoms with Crippen LogP contribution < -0.4 is 0 Å². The molecule has 0 amide bonds. The maximum absolute atomic E-state index is 9.04. The molecule has 0 N–H and O–H groups in total. The van der Waals surface area contributed by atoms with Gasteiger partial charge in [-0.05, 0) is 79.9 Å². The summed E-state index contributed by atoms with van der Waals surface area (Å²) in [6.07, 6.45) is 17.0. The standard InChI is InChI=1S/C24H34ClN/c1-2-3-4-5-18-6-8-19(9-7-18)20-10-12-21(13-11-20)22-14-15-23(17-26)24(25)16-22/h14-16,18-21H,2-13H2,1H3/t18-,19-,20?,21?. The molecule has 1 aromatic rings. The van der Waals surface area contributed by atoms with E-state index in [-0.39, 0.29) is 0 Å². The Hall–Kier alpha value is -1.00. The summed E-state index contributed by atoms with van der Waals surface area (Å²) < 4.78 is 0. The summed E-state index contributed by atoms with van der Waals surface area (Å²) in [5.74, 6) is 3.61. The van der Waals surface area contributed by atoms with E-state index < -0.39 is 0 Å². The summed E-state index contributed by atoms with van der Waals surface area (Å²) >= 11 is 6.24. The molecular weight excluding hydrogens is 338 g/mol. The van der Waals surface area contributed by atoms with Gasteiger partial charge < -0.3 is 0 Å². The lowest BCUT2D eigenvalue weighted by molar-refractivity contribution is 0.155. The van der Waals surface area contributed by atoms with E-state index >= 15 is 0 Å². The van der Waals surface area contributed by atoms with Crippen molar-refractivity contribution in [2.45, 2.75) is 89.9 Å². The monoisotopic (exact) mass is 371 g/mol. The first-order chi connectivity index (χ1) is 12.7. The van der Waals surface area contributed by atoms with Crippen molar-refractivity contribution in [2.24, 2.45) is 17.8 Å². The average molecular weight is 372 g/mol. The predicted octanol–water partition coefficient (Wildman–Crippen LogP) is 7.87. The number of benzene rings is 1. The van der Waals surface area contributed by atoms with Crippen LogP contribution in [0, 0.1) is 29.1 Å². The molecule has 3 rings (SSSR count). The number of nitrogens with zero attached hydrogens (tertiary/aromatic N) is 1. The topological polar surface area (TPSA) is 23.8 Å². The van der Waals surface area contributed by atoms with Crippen LogP contribution in [0.3, 0.4) is 0 Å². The van der Waals surface area contributed by atoms with Gasteiger partial charge in [-0.3, -0.25) is 0 Å². The van der Waals surface area contributed by atoms with Gasteiger partial charge in [0.15, 0.2) is 0 Å². The Morgan fingerprint density at radius 3 is 2.19 bits per heavy atom. The van der Waals surface area contributed by atoms with Gasteiger partial charge in [-0.15, -0.1) is 0 Å². The molecule has 0 aliphatic heterocycles. The van der Waals surface area contributed by atoms with Crippen LogP contribution in [-0.2, 0) is 0 Å². The zero-order valence-corrected chi connectivity index (χ0v) is 17.1. The molecule has 0 bridgehead atoms. The Balaban J connectivity index is 1.44. The third-order valence-electron chi connectivity index (χ3n) is 7.13. The minimum Gasteiger partial charge on any atom is -0.192 e. The molecular formula is C24H34ClN. The van der Waals surface area contributed by atoms with Gasteiger partial charge in [0.2, 0.25) is 0 Å². The SMILES string of the molecule is CCCCC[C@H]1CC[C@H](C2CCC(c3ccc(C#N)c(Cl)c3)CC2)CC1. The fraction of sp³-hybridized carbons (Fsp3) is 0.708. The Kier molecular flexibility index (Phi) is 7.44. The maximum atomic E-state index is 9.04. The summed E-state index contributed by atoms with van der Waals surface area (Å²) in [5.41, 5.74) is 1.94. The van der Waals surface area contributed by atoms with Gasteiger partial charge in [-0.25, -0.2) is 0 Å². The second kappa shape index (κ2) is 9.80. The number of rotatable bonds is 6. The summed E-state index contributed by atoms with van der Waals surface area (Å²) in [5, 5.41) is 9.66. The molecule has 1 aromatic carbocycles. The first-order valence-electron chi connectivity index (χ1n) is 10.9. The Morgan fingerprint density at radius 1 is 0.962 bits per heavy atom. The molecule has 2 heteroatoms. The van der Waals surface area contributed by atoms with Crippen molar-refractivity contribution < 1.29 is 0 Å². The van der Waals surface area contributed by atoms with Crippen LogP contribution in [0.5, 0.6) is 0 Å². The minimum atomic E-state index is 0.597. The molecule has 0 radical (unpaired) electrons. The van der Waals surface area contributed by atoms with Gasteiger partial charge in [0.25, 0.3) is 0 Å². The number of hydrogen-bond donors (Lipinski definition) is 0. The van der Waals surface area contributed by atoms with Crippen molar-refractivity contribution >= 4 is 11.6 Å². The van der Waals surface area contributed by atoms with Gasteiger partial charge >= 0.3 is 0 Å². The van der Waals surface area contributed by atoms with Crippen LogP contribution in [-0.4, -0.2) is 0 Å². The van der Waals surface area contributed by atoms with E-state index in [1.54, 1.807) is 0 Å². The molecule has 142 valence electrons. The lowest BCUT2D eigenvalue weighted by Crippen LogP contribution is -2.25. The van der Waals surface area contributed by atoms with E-state index in [2.05, 4.69) is 19.1 Å². The first-order valence-corrected chi connectivity index (χ1v) is 11.3. The van der Waals surface area contributed by atoms with Crippen molar-refractivity contribution in [3.05, 3.63) is 34.3 Å². The molecule has 2 aliphatic rings. The van der Waals surface area contributed by atoms with Gasteiger partial charge in [0.05, 0.1) is 10.6 Å². The number of unbranched alkanes of at least 4 members (excludes halogenated alkanes) is 2. The van der Waals surface area contributed by atoms with Gasteiger partial charge in [0, 0.05) is 0 Å². The molecule has 1 nitrogen and oxygen atoms in total. The summed E-state index contributed by atoms with van der Waals surface area (Å²) in [7, 11) is 0. The zero-order chi connectivity index (χ0) is 18.4. The van der Waals surface area contributed by atoms with E-state index in [1.165, 1.54) is 82.6 Å². The van der Waals surface area contributed by atoms with Crippen molar-refractivity contribution in [3.63, 3.8) is 0 Å². The van der Waals surface area contributed by atoms with Gasteiger partial charge in [0.1, 0.15) is 6.07 Å². The van der Waals surface area contributed by atoms with E-state index in [1.807, 2.05) is 12.1 Å². The van der Waals surface area contributed by atoms with Gasteiger partial charge in [-0.1, -0.05) is 63.1 Å². The van der Waals surface area contributed by atoms with E-state index in [0.717, 1.165) is 17.8 Å². The zero-order valence-electron chi connectivity index (χ0n) is 16.4. The lowest BCUT2D eigenvalue weighted by atomic mass is 9.68. The Bertz CT molecular complexity index is 601. The quantitative estimate of drug-likeness (QED) is 0.466. The average Bonchev–Trinajstić information content (AvgIpc) is 2.69. The van der Waals surface area contributed by atoms with E-state index in [0.29, 0.717) is 16.5 Å². The van der Waals surface area contributed by atoms with E-state index in [4.69, 9.17) is 16.9 Å². The largest absolute Gasteiger partial charge is 0.192 e. The van der Waals surface area contributed by atoms with Crippen LogP contribution in [0.1, 0.15) is 101 Å². The number of hydrogen-bond acceptors (Lipinski definition) is 1. The molecule has 2 aliphatic carbocycles. The van der Waals surface area contributed by atoms with Crippen LogP contribution in [0.4, 0.5) is 0 Å². The molecule has 0 atom stereocenters. The first kappa shape index (κ1) is 19.8. The predicted molar refractivity (Wildman–Crippen MR) is 110 cm³/mol. The molecule has 0 aromatic heterocycles. The fourth-order valence-electron chi connectivity index (χ4n) is 5.43. The van der Waals surface area contributed by atoms with Gasteiger partial charge in [-0.2, -0.15) is 5.26 Å². The highest BCUT2D eigenvalue weighted by Gasteiger charge is 2.31. The normalized spacial score (nSPS) is 29.3. The van der Waals surface area contributed by atoms with Crippen molar-refractivity contribution in [2.75, 3.05) is 0 Å². The highest BCUT2D eigenvalue weighted by atomic mass is 35.5. The summed E-state index contributed by atoms with van der Waals surface area (Å²) in [4.78, 5) is 0. The highest BCUT2D eigenvalue weighted by Crippen LogP contribution is 2.44. The maximum Gasteiger partial charge on any atom is 0.101 e. The summed E-state index contributed by atoms with van der Waals surface area (Å²) in [6, 6.07) is 8.21. The van der Waals surface area contributed by atoms with Crippen molar-refractivity contribution in [1.29, 1.82) is 5.26 Å². The minimum absolute atomic E-state index is 0.597. The molecule has 0 spiro atoms. The van der Waals surface area contributed by atoms with Crippen LogP contribution in [0.15, 0.2) is 18.2 Å². The van der Waals surface area contributed by atoms with Crippen molar-refractivity contribution in [1.82, 2.24) is 0 Å². The van der Waals surface area contributed by atoms with Crippen LogP contribution >= 0.6 is 11.6 Å². The van der Waals surface area contributed by atoms with Crippen molar-refractivity contribution in [3.8, 4) is 6.07 Å². The molecule has 0 saturated heterocycles. The van der Waals surface area contributed by atoms with Crippen LogP contribution in [0.2, 0.25) is 5.02 Å². The molecule has 2 fully saturated rings. The number of nitriles is 1. The Labute approximate surface area is 165 Å². The summed E-state index contributed by atoms with van der Waals surface area (Å²) in [6.45, 7) is 2.30. The molecule has 0 heterocycles. The smallest absolute Gasteiger partial charge is 0.101 e. The van der Waals surface area contributed by atoms with E-state index in [9.17, 15) is 0 Å². The second-order valence-corrected chi connectivity index (χ2v) is 9.15. The third-order valence-corrected chi connectivity index (χ3v) is 7.44. The molecule has 0 unspecified atom stereocenters. The highest BCUT2D eigenvalue weighted by molar-refractivity contribution is 6.31. The molecule has 2 saturated carbocycles. The lowest BCUT2D eigenvalue weighted by Gasteiger charge is -2.38. The molecule has 26 heavy (non-hydrogen) atoms. The van der Waals surface area contributed by atoms with Crippen LogP contribution in [0.25, 0.3) is 0 Å². The third kappa shape index (κ3) is 5.04. The second-order valence-electron chi connectivity index (χ2n) is 8.74. The fourth-order valence-corrected chi connectivity index (χ4v) is 5.66.